The summed E-state index contributed by atoms with van der Waals surface area (Å²) in [6, 6.07) is 0. The molecule has 0 aromatic carbocycles. The fourth-order valence-electron chi connectivity index (χ4n) is 0.787. The van der Waals surface area contributed by atoms with Crippen molar-refractivity contribution in [3.8, 4) is 0 Å². The first-order chi connectivity index (χ1) is 7.20. The number of aliphatic hydroxyl groups is 1. The number of aliphatic hydroxyl groups excluding tert-OH is 1. The van der Waals surface area contributed by atoms with Crippen molar-refractivity contribution in [3.05, 3.63) is 12.2 Å². The second-order valence-electron chi connectivity index (χ2n) is 2.63. The zero-order chi connectivity index (χ0) is 11.5. The monoisotopic (exact) mass is 449 g/mol. The van der Waals surface area contributed by atoms with Gasteiger partial charge in [-0.25, -0.2) is 0 Å². The van der Waals surface area contributed by atoms with Gasteiger partial charge >= 0.3 is 0 Å². The molecule has 0 spiro atoms. The molecule has 0 heterocycles. The van der Waals surface area contributed by atoms with Crippen molar-refractivity contribution in [2.24, 2.45) is 0 Å². The van der Waals surface area contributed by atoms with E-state index in [2.05, 4.69) is 0 Å². The van der Waals surface area contributed by atoms with Crippen molar-refractivity contribution in [1.29, 1.82) is 2.61 Å². The minimum absolute atomic E-state index is 0. The Morgan fingerprint density at radius 3 is 3.29 bits per heavy atom. The Kier molecular flexibility index (Phi) is 15.0. The molecular weight excluding hydrogens is 429 g/mol. The first-order valence-electron chi connectivity index (χ1n) is 5.34. The molecule has 2 atom stereocenters. The van der Waals surface area contributed by atoms with E-state index in [1.54, 1.807) is 0 Å². The molecule has 0 aliphatic carbocycles. The molecule has 0 saturated heterocycles. The van der Waals surface area contributed by atoms with Crippen LogP contribution >= 0.6 is 19.3 Å². The summed E-state index contributed by atoms with van der Waals surface area (Å²) in [7, 11) is -0.121. The first kappa shape index (κ1) is 14.0. The topological polar surface area (TPSA) is 29.5 Å². The van der Waals surface area contributed by atoms with Gasteiger partial charge in [-0.05, 0) is 27.5 Å². The number of hydrogen-bond donors (Lipinski definition) is 1. The van der Waals surface area contributed by atoms with Crippen LogP contribution < -0.4 is 0 Å². The predicted octanol–water partition coefficient (Wildman–Crippen LogP) is 2.17. The normalized spacial score (nSPS) is 16.7. The molecule has 0 bridgehead atoms. The van der Waals surface area contributed by atoms with Gasteiger partial charge in [0.05, 0.1) is 7.38 Å². The summed E-state index contributed by atoms with van der Waals surface area (Å²) >= 11 is 1.05. The Morgan fingerprint density at radius 1 is 1.86 bits per heavy atom. The van der Waals surface area contributed by atoms with E-state index in [1.165, 1.54) is 0 Å². The zero-order valence-corrected chi connectivity index (χ0v) is 14.9. The van der Waals surface area contributed by atoms with Crippen LogP contribution in [0.2, 0.25) is 0 Å². The van der Waals surface area contributed by atoms with Gasteiger partial charge in [0.15, 0.2) is 0 Å². The third-order valence-corrected chi connectivity index (χ3v) is 2.42. The van der Waals surface area contributed by atoms with Gasteiger partial charge in [-0.3, -0.25) is 0 Å². The molecule has 0 rings (SSSR count). The van der Waals surface area contributed by atoms with Gasteiger partial charge in [0, 0.05) is 62.3 Å². The summed E-state index contributed by atoms with van der Waals surface area (Å²) in [5.74, 6) is 0. The van der Waals surface area contributed by atoms with E-state index in [1.807, 2.05) is 19.1 Å². The van der Waals surface area contributed by atoms with E-state index < -0.39 is 7.61 Å². The summed E-state index contributed by atoms with van der Waals surface area (Å²) in [5, 5.41) is 8.56. The van der Waals surface area contributed by atoms with Crippen molar-refractivity contribution in [2.75, 3.05) is 6.61 Å². The van der Waals surface area contributed by atoms with Gasteiger partial charge in [0.25, 0.3) is 0 Å². The molecule has 1 N–H and O–H groups in total. The number of hydrogen-bond acceptors (Lipinski definition) is 3. The quantitative estimate of drug-likeness (QED) is 0.193. The third-order valence-electron chi connectivity index (χ3n) is 1.42. The maximum atomic E-state index is 8.56. The molecule has 0 saturated carbocycles. The van der Waals surface area contributed by atoms with Gasteiger partial charge in [0.1, 0.15) is 7.53 Å². The smallest absolute Gasteiger partial charge is 0.137 e. The molecule has 0 amide bonds. The third kappa shape index (κ3) is 13.9. The summed E-state index contributed by atoms with van der Waals surface area (Å²) in [5.41, 5.74) is 0. The Balaban J connectivity index is 0. The van der Waals surface area contributed by atoms with E-state index in [0.717, 1.165) is 38.5 Å². The number of allylic oxidation sites excluding steroid dienone is 1. The summed E-state index contributed by atoms with van der Waals surface area (Å²) in [6.45, 7) is 2.15. The Hall–Kier alpha value is 1.95. The van der Waals surface area contributed by atoms with Gasteiger partial charge < -0.3 is 9.29 Å². The van der Waals surface area contributed by atoms with Gasteiger partial charge in [0.2, 0.25) is 0 Å². The van der Waals surface area contributed by atoms with E-state index in [9.17, 15) is 0 Å². The van der Waals surface area contributed by atoms with Crippen LogP contribution in [0.4, 0.5) is 0 Å². The number of rotatable bonds is 9. The van der Waals surface area contributed by atoms with Crippen LogP contribution in [0, 0.1) is 44.1 Å². The first-order valence-corrected chi connectivity index (χ1v) is 6.62. The Labute approximate surface area is 132 Å². The summed E-state index contributed by atoms with van der Waals surface area (Å²) in [6.07, 6.45) is 6.70. The van der Waals surface area contributed by atoms with Gasteiger partial charge in [-0.1, -0.05) is 19.8 Å². The minimum atomic E-state index is -1.22. The van der Waals surface area contributed by atoms with Crippen LogP contribution in [0.5, 0.6) is 0 Å². The van der Waals surface area contributed by atoms with Crippen LogP contribution in [0.3, 0.4) is 0 Å². The average molecular weight is 449 g/mol. The standard InChI is InChI=1S/C8H17BO2PS.Ac/c1-8(11-13-12-9)6-4-2-3-5-7-10;/h4,6,8-10,12H,2-3,5,7H2,1H3;/i9T,12D;. The van der Waals surface area contributed by atoms with E-state index in [-0.39, 0.29) is 56.8 Å². The minimum Gasteiger partial charge on any atom is -0.396 e. The van der Waals surface area contributed by atoms with Gasteiger partial charge in [-0.2, -0.15) is 0 Å². The van der Waals surface area contributed by atoms with E-state index >= 15 is 0 Å². The number of unbranched alkanes of at least 4 members (excludes halogenated alkanes) is 2. The largest absolute Gasteiger partial charge is 0.396 e. The fourth-order valence-corrected chi connectivity index (χ4v) is 1.59. The Morgan fingerprint density at radius 2 is 2.64 bits per heavy atom. The van der Waals surface area contributed by atoms with Crippen molar-refractivity contribution >= 4 is 26.8 Å². The molecule has 0 aromatic rings. The molecule has 2 unspecified atom stereocenters. The molecule has 0 fully saturated rings. The van der Waals surface area contributed by atoms with E-state index in [0.29, 0.717) is 0 Å². The molecule has 6 heteroatoms. The van der Waals surface area contributed by atoms with Crippen molar-refractivity contribution < 1.29 is 53.4 Å². The van der Waals surface area contributed by atoms with E-state index in [4.69, 9.17) is 11.9 Å². The molecule has 14 heavy (non-hydrogen) atoms. The second-order valence-corrected chi connectivity index (χ2v) is 4.26. The van der Waals surface area contributed by atoms with Crippen LogP contribution in [-0.2, 0) is 4.18 Å². The SMILES string of the molecule is [2H]P([B][3H])SOC(C)C=CCCCCO.[Ac]. The molecule has 2 nitrogen and oxygen atoms in total. The molecule has 78 valence electrons. The maximum absolute atomic E-state index is 8.56. The van der Waals surface area contributed by atoms with Crippen LogP contribution in [0.25, 0.3) is 0 Å². The second kappa shape index (κ2) is 14.9. The molecule has 0 aromatic heterocycles. The molecular formula is C8H17AcBO2PS. The predicted molar refractivity (Wildman–Crippen MR) is 63.7 cm³/mol. The molecule has 2 radical (unpaired) electrons. The molecule has 0 aliphatic heterocycles. The van der Waals surface area contributed by atoms with Crippen LogP contribution in [-0.4, -0.2) is 28.0 Å². The average Bonchev–Trinajstić information content (AvgIpc) is 2.25. The zero-order valence-electron chi connectivity index (χ0n) is 10.4. The van der Waals surface area contributed by atoms with Crippen LogP contribution in [0.1, 0.15) is 26.2 Å². The van der Waals surface area contributed by atoms with Crippen molar-refractivity contribution in [1.82, 2.24) is 0 Å². The molecule has 0 aliphatic rings. The maximum Gasteiger partial charge on any atom is 0.137 e. The van der Waals surface area contributed by atoms with Crippen molar-refractivity contribution in [2.45, 2.75) is 32.3 Å². The Bertz CT molecular complexity index is 182. The fraction of sp³-hybridized carbons (Fsp3) is 0.750. The van der Waals surface area contributed by atoms with Crippen molar-refractivity contribution in [3.63, 3.8) is 0 Å². The van der Waals surface area contributed by atoms with Crippen LogP contribution in [0.15, 0.2) is 12.2 Å². The summed E-state index contributed by atoms with van der Waals surface area (Å²) < 4.78 is 19.4. The van der Waals surface area contributed by atoms with Gasteiger partial charge in [-0.15, -0.1) is 0 Å². The summed E-state index contributed by atoms with van der Waals surface area (Å²) in [4.78, 5) is 0.